The molecular weight excluding hydrogens is 212 g/mol. The molecule has 1 heterocycles. The summed E-state index contributed by atoms with van der Waals surface area (Å²) >= 11 is 0. The second kappa shape index (κ2) is 4.07. The summed E-state index contributed by atoms with van der Waals surface area (Å²) in [4.78, 5) is 14.0. The Morgan fingerprint density at radius 1 is 1.50 bits per heavy atom. The van der Waals surface area contributed by atoms with Crippen LogP contribution in [-0.2, 0) is 4.79 Å². The van der Waals surface area contributed by atoms with Crippen molar-refractivity contribution in [3.63, 3.8) is 0 Å². The minimum Gasteiger partial charge on any atom is -0.739 e. The molecule has 0 spiro atoms. The van der Waals surface area contributed by atoms with Gasteiger partial charge in [0.2, 0.25) is 5.96 Å². The molecule has 7 nitrogen and oxygen atoms in total. The summed E-state index contributed by atoms with van der Waals surface area (Å²) < 4.78 is 0. The number of hydrogen-bond acceptors (Lipinski definition) is 4. The van der Waals surface area contributed by atoms with Crippen molar-refractivity contribution >= 4 is 23.3 Å². The van der Waals surface area contributed by atoms with Gasteiger partial charge in [-0.25, -0.2) is 4.99 Å². The highest BCUT2D eigenvalue weighted by Crippen LogP contribution is 2.26. The Morgan fingerprint density at radius 2 is 2.25 bits per heavy atom. The van der Waals surface area contributed by atoms with Crippen molar-refractivity contribution in [2.24, 2.45) is 4.99 Å². The first-order valence-corrected chi connectivity index (χ1v) is 4.53. The number of nitrogens with one attached hydrogen (secondary N) is 2. The van der Waals surface area contributed by atoms with Gasteiger partial charge in [-0.2, -0.15) is 0 Å². The van der Waals surface area contributed by atoms with Gasteiger partial charge in [-0.05, 0) is 12.1 Å². The first kappa shape index (κ1) is 10.2. The summed E-state index contributed by atoms with van der Waals surface area (Å²) in [6.07, 6.45) is 0. The molecule has 0 saturated heterocycles. The molecule has 16 heavy (non-hydrogen) atoms. The monoisotopic (exact) mass is 221 g/mol. The van der Waals surface area contributed by atoms with Crippen LogP contribution >= 0.6 is 0 Å². The highest BCUT2D eigenvalue weighted by molar-refractivity contribution is 6.01. The molecule has 0 radical (unpaired) electrons. The fourth-order valence-electron chi connectivity index (χ4n) is 1.29. The highest BCUT2D eigenvalue weighted by atomic mass is 16.5. The van der Waals surface area contributed by atoms with Crippen molar-refractivity contribution < 1.29 is 9.90 Å². The number of carbonyl (C=O) groups is 1. The van der Waals surface area contributed by atoms with Gasteiger partial charge in [-0.3, -0.25) is 10.2 Å². The molecule has 1 aliphatic rings. The van der Waals surface area contributed by atoms with E-state index in [1.165, 1.54) is 0 Å². The summed E-state index contributed by atoms with van der Waals surface area (Å²) in [7, 11) is 0. The fraction of sp³-hybridized carbons (Fsp3) is 0.111. The predicted octanol–water partition coefficient (Wildman–Crippen LogP) is 0.362. The molecule has 0 unspecified atom stereocenters. The second-order valence-corrected chi connectivity index (χ2v) is 3.11. The van der Waals surface area contributed by atoms with Crippen molar-refractivity contribution in [1.82, 2.24) is 5.43 Å². The van der Waals surface area contributed by atoms with Crippen LogP contribution in [0.3, 0.4) is 0 Å². The van der Waals surface area contributed by atoms with Gasteiger partial charge in [0.1, 0.15) is 6.54 Å². The number of hydrogen-bond donors (Lipinski definition) is 3. The molecule has 0 aromatic heterocycles. The number of rotatable bonds is 2. The lowest BCUT2D eigenvalue weighted by molar-refractivity contribution is -0.135. The first-order chi connectivity index (χ1) is 7.66. The van der Waals surface area contributed by atoms with E-state index in [9.17, 15) is 10.0 Å². The molecule has 0 bridgehead atoms. The number of carboxylic acids is 1. The molecule has 1 aromatic carbocycles. The van der Waals surface area contributed by atoms with E-state index in [-0.39, 0.29) is 5.96 Å². The van der Waals surface area contributed by atoms with E-state index in [2.05, 4.69) is 15.7 Å². The van der Waals surface area contributed by atoms with Crippen molar-refractivity contribution in [2.45, 2.75) is 0 Å². The van der Waals surface area contributed by atoms with Gasteiger partial charge in [-0.15, -0.1) is 0 Å². The molecule has 0 amide bonds. The van der Waals surface area contributed by atoms with Gasteiger partial charge < -0.3 is 20.8 Å². The third-order valence-corrected chi connectivity index (χ3v) is 1.96. The van der Waals surface area contributed by atoms with E-state index in [0.717, 1.165) is 0 Å². The van der Waals surface area contributed by atoms with Crippen LogP contribution in [0.25, 0.3) is 0 Å². The van der Waals surface area contributed by atoms with Gasteiger partial charge >= 0.3 is 5.97 Å². The van der Waals surface area contributed by atoms with Gasteiger partial charge in [0, 0.05) is 0 Å². The molecule has 2 rings (SSSR count). The Balaban J connectivity index is 2.21. The lowest BCUT2D eigenvalue weighted by Gasteiger charge is -2.37. The quantitative estimate of drug-likeness (QED) is 0.666. The summed E-state index contributed by atoms with van der Waals surface area (Å²) in [5.74, 6) is -0.941. The zero-order valence-corrected chi connectivity index (χ0v) is 8.17. The SMILES string of the molecule is O=C(O)CN=C1Nc2ccccc2N([O-])N1. The van der Waals surface area contributed by atoms with Crippen LogP contribution in [-0.4, -0.2) is 23.6 Å². The van der Waals surface area contributed by atoms with Crippen molar-refractivity contribution in [3.05, 3.63) is 29.5 Å². The van der Waals surface area contributed by atoms with E-state index in [0.29, 0.717) is 16.5 Å². The van der Waals surface area contributed by atoms with Crippen molar-refractivity contribution in [3.8, 4) is 0 Å². The fourth-order valence-corrected chi connectivity index (χ4v) is 1.29. The number of aliphatic imine (C=N–C) groups is 1. The van der Waals surface area contributed by atoms with Crippen LogP contribution in [0.15, 0.2) is 29.3 Å². The lowest BCUT2D eigenvalue weighted by Crippen LogP contribution is -2.46. The molecule has 0 saturated carbocycles. The maximum Gasteiger partial charge on any atom is 0.325 e. The van der Waals surface area contributed by atoms with Crippen molar-refractivity contribution in [2.75, 3.05) is 17.0 Å². The Kier molecular flexibility index (Phi) is 2.61. The molecule has 84 valence electrons. The molecule has 0 aliphatic carbocycles. The van der Waals surface area contributed by atoms with Gasteiger partial charge in [0.15, 0.2) is 0 Å². The van der Waals surface area contributed by atoms with E-state index < -0.39 is 12.5 Å². The van der Waals surface area contributed by atoms with Crippen LogP contribution in [0.2, 0.25) is 0 Å². The summed E-state index contributed by atoms with van der Waals surface area (Å²) in [5.41, 5.74) is 3.39. The number of nitrogens with zero attached hydrogens (tertiary/aromatic N) is 2. The smallest absolute Gasteiger partial charge is 0.325 e. The average Bonchev–Trinajstić information content (AvgIpc) is 2.26. The first-order valence-electron chi connectivity index (χ1n) is 4.53. The Morgan fingerprint density at radius 3 is 3.00 bits per heavy atom. The Hall–Kier alpha value is -2.28. The Bertz CT molecular complexity index is 446. The normalized spacial score (nSPS) is 16.3. The maximum atomic E-state index is 11.5. The largest absolute Gasteiger partial charge is 0.739 e. The van der Waals surface area contributed by atoms with Gasteiger partial charge in [-0.1, -0.05) is 12.1 Å². The molecule has 7 heteroatoms. The number of aliphatic carboxylic acids is 1. The average molecular weight is 221 g/mol. The van der Waals surface area contributed by atoms with Crippen LogP contribution < -0.4 is 15.9 Å². The minimum atomic E-state index is -1.06. The topological polar surface area (TPSA) is 100 Å². The third kappa shape index (κ3) is 2.04. The van der Waals surface area contributed by atoms with E-state index >= 15 is 0 Å². The predicted molar refractivity (Wildman–Crippen MR) is 59.0 cm³/mol. The molecule has 3 N–H and O–H groups in total. The Labute approximate surface area is 90.9 Å². The van der Waals surface area contributed by atoms with Crippen LogP contribution in [0.5, 0.6) is 0 Å². The zero-order valence-electron chi connectivity index (χ0n) is 8.17. The molecule has 1 aliphatic heterocycles. The van der Waals surface area contributed by atoms with E-state index in [4.69, 9.17) is 5.11 Å². The molecule has 0 atom stereocenters. The minimum absolute atomic E-state index is 0.121. The number of hydrazine groups is 1. The second-order valence-electron chi connectivity index (χ2n) is 3.11. The summed E-state index contributed by atoms with van der Waals surface area (Å²) in [6.45, 7) is -0.397. The van der Waals surface area contributed by atoms with Crippen LogP contribution in [0.4, 0.5) is 11.4 Å². The van der Waals surface area contributed by atoms with Gasteiger partial charge in [0.25, 0.3) is 0 Å². The number of fused-ring (bicyclic) bond motifs is 1. The number of anilines is 2. The maximum absolute atomic E-state index is 11.5. The summed E-state index contributed by atoms with van der Waals surface area (Å²) in [5, 5.41) is 23.3. The van der Waals surface area contributed by atoms with Crippen molar-refractivity contribution in [1.29, 1.82) is 0 Å². The standard InChI is InChI=1S/C9H9N4O3/c14-8(15)5-10-9-11-6-3-1-2-4-7(6)13(16)12-9/h1-4H,5H2,(H,14,15)(H2,10,11,12)/q-1. The highest BCUT2D eigenvalue weighted by Gasteiger charge is 2.13. The molecule has 1 aromatic rings. The lowest BCUT2D eigenvalue weighted by atomic mass is 10.2. The zero-order chi connectivity index (χ0) is 11.5. The molecule has 0 fully saturated rings. The summed E-state index contributed by atoms with van der Waals surface area (Å²) in [6, 6.07) is 6.83. The van der Waals surface area contributed by atoms with E-state index in [1.54, 1.807) is 24.3 Å². The number of para-hydroxylation sites is 2. The van der Waals surface area contributed by atoms with Crippen LogP contribution in [0.1, 0.15) is 0 Å². The third-order valence-electron chi connectivity index (χ3n) is 1.96. The van der Waals surface area contributed by atoms with E-state index in [1.807, 2.05) is 0 Å². The number of carboxylic acid groups (broad SMARTS) is 1. The molecular formula is C9H9N4O3-. The number of guanidine groups is 1. The number of benzene rings is 1. The van der Waals surface area contributed by atoms with Gasteiger partial charge in [0.05, 0.1) is 11.4 Å². The van der Waals surface area contributed by atoms with Crippen LogP contribution in [0, 0.1) is 5.21 Å².